The molecule has 5 nitrogen and oxygen atoms in total. The van der Waals surface area contributed by atoms with E-state index in [1.54, 1.807) is 25.1 Å². The zero-order valence-corrected chi connectivity index (χ0v) is 22.6. The monoisotopic (exact) mass is 518 g/mol. The van der Waals surface area contributed by atoms with Crippen LogP contribution >= 0.6 is 0 Å². The standard InChI is InChI=1S/C7H6O2.C6H11O2.C3H6O.C2H6.CH3.2Y/c8-5-6-3-1-2-4-7(6)9;1-3-8-5-4-6(2)7;1-3(2)4;1-2;;;/h1-5,9H;1,3-5H2,2H3;1-2H3;1-2H3;1H3;;/q;-1;;;-1;;. The molecule has 2 radical (unpaired) electrons. The summed E-state index contributed by atoms with van der Waals surface area (Å²) in [6.45, 7) is 13.0. The summed E-state index contributed by atoms with van der Waals surface area (Å²) in [5.41, 5.74) is 0.331. The SMILES string of the molecule is CC.CC(C)=O.O=Cc1ccccc1O.[CH2-]COCCC(C)=O.[CH3-].[Y].[Y]. The van der Waals surface area contributed by atoms with Crippen LogP contribution in [0.15, 0.2) is 24.3 Å². The third-order valence-electron chi connectivity index (χ3n) is 1.81. The quantitative estimate of drug-likeness (QED) is 0.361. The van der Waals surface area contributed by atoms with Gasteiger partial charge in [-0.1, -0.05) is 32.6 Å². The van der Waals surface area contributed by atoms with Crippen molar-refractivity contribution in [1.82, 2.24) is 0 Å². The van der Waals surface area contributed by atoms with E-state index < -0.39 is 0 Å². The fourth-order valence-electron chi connectivity index (χ4n) is 0.905. The molecule has 7 heteroatoms. The largest absolute Gasteiger partial charge is 0.507 e. The molecule has 1 aromatic rings. The van der Waals surface area contributed by atoms with Crippen LogP contribution in [-0.2, 0) is 79.7 Å². The molecule has 0 unspecified atom stereocenters. The second kappa shape index (κ2) is 32.8. The number of aromatic hydroxyl groups is 1. The van der Waals surface area contributed by atoms with E-state index >= 15 is 0 Å². The molecule has 0 bridgehead atoms. The van der Waals surface area contributed by atoms with Gasteiger partial charge < -0.3 is 29.0 Å². The minimum absolute atomic E-state index is 0. The molecule has 0 heterocycles. The van der Waals surface area contributed by atoms with E-state index in [0.29, 0.717) is 31.5 Å². The smallest absolute Gasteiger partial charge is 0.153 e. The van der Waals surface area contributed by atoms with Gasteiger partial charge in [0, 0.05) is 78.4 Å². The first kappa shape index (κ1) is 40.8. The van der Waals surface area contributed by atoms with E-state index in [9.17, 15) is 14.4 Å². The van der Waals surface area contributed by atoms with Crippen LogP contribution in [0.4, 0.5) is 0 Å². The average Bonchev–Trinajstić information content (AvgIpc) is 2.50. The van der Waals surface area contributed by atoms with Gasteiger partial charge in [0.05, 0.1) is 5.56 Å². The van der Waals surface area contributed by atoms with Gasteiger partial charge in [0.2, 0.25) is 0 Å². The second-order valence-electron chi connectivity index (χ2n) is 4.15. The van der Waals surface area contributed by atoms with Crippen LogP contribution in [-0.4, -0.2) is 36.2 Å². The van der Waals surface area contributed by atoms with Crippen molar-refractivity contribution in [1.29, 1.82) is 0 Å². The number of phenols is 1. The molecule has 1 N–H and O–H groups in total. The Hall–Kier alpha value is 0.198. The topological polar surface area (TPSA) is 80.7 Å². The van der Waals surface area contributed by atoms with Crippen LogP contribution < -0.4 is 0 Å². The van der Waals surface area contributed by atoms with Crippen LogP contribution in [0.2, 0.25) is 0 Å². The summed E-state index contributed by atoms with van der Waals surface area (Å²) >= 11 is 0. The number of hydrogen-bond donors (Lipinski definition) is 1. The van der Waals surface area contributed by atoms with Crippen LogP contribution in [0, 0.1) is 14.4 Å². The summed E-state index contributed by atoms with van der Waals surface area (Å²) in [6.07, 6.45) is 1.13. The summed E-state index contributed by atoms with van der Waals surface area (Å²) in [5, 5.41) is 8.88. The van der Waals surface area contributed by atoms with Crippen LogP contribution in [0.1, 0.15) is 51.4 Å². The number of rotatable bonds is 5. The first-order chi connectivity index (χ1) is 10.8. The molecule has 0 saturated heterocycles. The Bertz CT molecular complexity index is 434. The third kappa shape index (κ3) is 39.3. The predicted octanol–water partition coefficient (Wildman–Crippen LogP) is 4.09. The molecule has 0 aliphatic rings. The first-order valence-corrected chi connectivity index (χ1v) is 7.41. The molecule has 146 valence electrons. The second-order valence-corrected chi connectivity index (χ2v) is 4.15. The van der Waals surface area contributed by atoms with Crippen LogP contribution in [0.5, 0.6) is 5.75 Å². The van der Waals surface area contributed by atoms with Gasteiger partial charge in [0.15, 0.2) is 6.29 Å². The van der Waals surface area contributed by atoms with Crippen molar-refractivity contribution >= 4 is 17.9 Å². The molecule has 0 aromatic heterocycles. The summed E-state index contributed by atoms with van der Waals surface area (Å²) in [4.78, 5) is 29.7. The van der Waals surface area contributed by atoms with Gasteiger partial charge in [0.25, 0.3) is 0 Å². The number of Topliss-reactive ketones (excluding diaryl/α,β-unsaturated/α-hetero) is 2. The third-order valence-corrected chi connectivity index (χ3v) is 1.81. The number of carbonyl (C=O) groups is 3. The number of phenolic OH excluding ortho intramolecular Hbond substituents is 1. The van der Waals surface area contributed by atoms with Gasteiger partial charge in [-0.2, -0.15) is 0 Å². The summed E-state index contributed by atoms with van der Waals surface area (Å²) < 4.78 is 4.81. The number of hydrogen-bond acceptors (Lipinski definition) is 5. The summed E-state index contributed by atoms with van der Waals surface area (Å²) in [5.74, 6) is 0.367. The van der Waals surface area contributed by atoms with Gasteiger partial charge in [-0.25, -0.2) is 0 Å². The maximum atomic E-state index is 10.2. The number of ether oxygens (including phenoxy) is 1. The number of aldehydes is 1. The number of carbonyl (C=O) groups excluding carboxylic acids is 3. The predicted molar refractivity (Wildman–Crippen MR) is 99.1 cm³/mol. The molecule has 0 aliphatic heterocycles. The van der Waals surface area contributed by atoms with Gasteiger partial charge in [-0.05, 0) is 32.9 Å². The van der Waals surface area contributed by atoms with E-state index in [4.69, 9.17) is 9.84 Å². The Morgan fingerprint density at radius 1 is 1.12 bits per heavy atom. The molecule has 0 spiro atoms. The Morgan fingerprint density at radius 3 is 1.81 bits per heavy atom. The van der Waals surface area contributed by atoms with Crippen molar-refractivity contribution in [3.8, 4) is 5.75 Å². The van der Waals surface area contributed by atoms with Crippen LogP contribution in [0.3, 0.4) is 0 Å². The molecule has 0 aliphatic carbocycles. The Morgan fingerprint density at radius 2 is 1.54 bits per heavy atom. The Labute approximate surface area is 209 Å². The maximum absolute atomic E-state index is 10.2. The minimum atomic E-state index is 0. The molecule has 1 rings (SSSR count). The maximum Gasteiger partial charge on any atom is 0.153 e. The van der Waals surface area contributed by atoms with Crippen molar-refractivity contribution in [2.45, 2.75) is 41.0 Å². The van der Waals surface area contributed by atoms with Gasteiger partial charge in [0.1, 0.15) is 17.3 Å². The molecule has 0 atom stereocenters. The average molecular weight is 518 g/mol. The molecule has 1 aromatic carbocycles. The van der Waals surface area contributed by atoms with Gasteiger partial charge in [-0.15, -0.1) is 0 Å². The van der Waals surface area contributed by atoms with Crippen molar-refractivity contribution in [2.75, 3.05) is 13.2 Å². The first-order valence-electron chi connectivity index (χ1n) is 7.41. The Balaban J connectivity index is -0.0000000548. The fraction of sp³-hybridized carbons (Fsp3) is 0.421. The normalized spacial score (nSPS) is 7.15. The Kier molecular flexibility index (Phi) is 51.5. The van der Waals surface area contributed by atoms with Crippen molar-refractivity contribution in [3.05, 3.63) is 44.2 Å². The van der Waals surface area contributed by atoms with Crippen molar-refractivity contribution in [2.24, 2.45) is 0 Å². The molecule has 0 saturated carbocycles. The number of benzene rings is 1. The van der Waals surface area contributed by atoms with Crippen LogP contribution in [0.25, 0.3) is 0 Å². The van der Waals surface area contributed by atoms with E-state index in [1.807, 2.05) is 13.8 Å². The zero-order chi connectivity index (χ0) is 18.7. The van der Waals surface area contributed by atoms with Crippen molar-refractivity contribution in [3.63, 3.8) is 0 Å². The number of ketones is 2. The molecule has 0 amide bonds. The van der Waals surface area contributed by atoms with Gasteiger partial charge >= 0.3 is 0 Å². The molecule has 26 heavy (non-hydrogen) atoms. The minimum Gasteiger partial charge on any atom is -0.507 e. The summed E-state index contributed by atoms with van der Waals surface area (Å²) in [6, 6.07) is 6.40. The fourth-order valence-corrected chi connectivity index (χ4v) is 0.905. The molecule has 0 fully saturated rings. The van der Waals surface area contributed by atoms with E-state index in [1.165, 1.54) is 19.9 Å². The zero-order valence-electron chi connectivity index (χ0n) is 17.0. The molecular formula is C19H32O5Y2-2. The summed E-state index contributed by atoms with van der Waals surface area (Å²) in [7, 11) is 0. The van der Waals surface area contributed by atoms with Crippen molar-refractivity contribution < 1.29 is 89.6 Å². The number of para-hydroxylation sites is 1. The van der Waals surface area contributed by atoms with E-state index in [2.05, 4.69) is 6.92 Å². The van der Waals surface area contributed by atoms with E-state index in [-0.39, 0.29) is 90.2 Å². The van der Waals surface area contributed by atoms with Gasteiger partial charge in [-0.3, -0.25) is 9.59 Å². The molecular weight excluding hydrogens is 486 g/mol. The van der Waals surface area contributed by atoms with E-state index in [0.717, 1.165) is 0 Å².